The maximum Gasteiger partial charge on any atom is 0.175 e. The summed E-state index contributed by atoms with van der Waals surface area (Å²) in [5.74, 6) is 1.04. The molecule has 0 amide bonds. The average molecular weight is 341 g/mol. The molecule has 4 nitrogen and oxygen atoms in total. The van der Waals surface area contributed by atoms with Gasteiger partial charge in [0.2, 0.25) is 0 Å². The minimum absolute atomic E-state index is 0.111. The zero-order chi connectivity index (χ0) is 16.9. The Morgan fingerprint density at radius 3 is 2.67 bits per heavy atom. The molecule has 0 fully saturated rings. The number of furan rings is 1. The number of hydrogen-bond donors (Lipinski definition) is 0. The summed E-state index contributed by atoms with van der Waals surface area (Å²) in [5, 5.41) is 1.09. The minimum atomic E-state index is -3.20. The number of hydrogen-bond acceptors (Lipinski definition) is 4. The van der Waals surface area contributed by atoms with Crippen molar-refractivity contribution in [2.75, 3.05) is 19.8 Å². The van der Waals surface area contributed by atoms with Crippen molar-refractivity contribution in [2.45, 2.75) is 17.4 Å². The Bertz CT molecular complexity index is 987. The van der Waals surface area contributed by atoms with Crippen LogP contribution in [0.25, 0.3) is 11.0 Å². The monoisotopic (exact) mass is 341 g/mol. The number of sulfone groups is 1. The quantitative estimate of drug-likeness (QED) is 0.717. The number of benzene rings is 2. The molecule has 0 bridgehead atoms. The van der Waals surface area contributed by atoms with Crippen LogP contribution in [-0.4, -0.2) is 33.2 Å². The minimum Gasteiger partial charge on any atom is -0.460 e. The smallest absolute Gasteiger partial charge is 0.175 e. The predicted molar refractivity (Wildman–Crippen MR) is 93.9 cm³/mol. The molecule has 5 heteroatoms. The van der Waals surface area contributed by atoms with Gasteiger partial charge in [-0.3, -0.25) is 0 Å². The van der Waals surface area contributed by atoms with Crippen molar-refractivity contribution in [3.05, 3.63) is 65.4 Å². The lowest BCUT2D eigenvalue weighted by molar-refractivity contribution is 0.282. The molecule has 2 heterocycles. The highest BCUT2D eigenvalue weighted by Gasteiger charge is 2.28. The van der Waals surface area contributed by atoms with Crippen molar-refractivity contribution in [3.8, 4) is 0 Å². The first-order valence-electron chi connectivity index (χ1n) is 7.92. The maximum atomic E-state index is 11.8. The molecule has 1 aliphatic heterocycles. The Labute approximate surface area is 141 Å². The van der Waals surface area contributed by atoms with Gasteiger partial charge < -0.3 is 9.32 Å². The Balaban J connectivity index is 1.83. The Morgan fingerprint density at radius 1 is 1.12 bits per heavy atom. The van der Waals surface area contributed by atoms with E-state index in [9.17, 15) is 8.42 Å². The number of rotatable bonds is 2. The summed E-state index contributed by atoms with van der Waals surface area (Å²) in [4.78, 5) is 2.58. The van der Waals surface area contributed by atoms with Crippen molar-refractivity contribution in [3.63, 3.8) is 0 Å². The molecule has 1 aromatic heterocycles. The molecule has 124 valence electrons. The molecule has 1 unspecified atom stereocenters. The van der Waals surface area contributed by atoms with E-state index < -0.39 is 9.84 Å². The van der Waals surface area contributed by atoms with Gasteiger partial charge in [-0.25, -0.2) is 8.42 Å². The van der Waals surface area contributed by atoms with Crippen molar-refractivity contribution in [1.29, 1.82) is 0 Å². The fraction of sp³-hybridized carbons (Fsp3) is 0.263. The third-order valence-electron chi connectivity index (χ3n) is 4.64. The molecule has 24 heavy (non-hydrogen) atoms. The van der Waals surface area contributed by atoms with Gasteiger partial charge in [-0.15, -0.1) is 0 Å². The summed E-state index contributed by atoms with van der Waals surface area (Å²) in [6.45, 7) is 1.60. The predicted octanol–water partition coefficient (Wildman–Crippen LogP) is 3.41. The molecule has 1 atom stereocenters. The first kappa shape index (κ1) is 15.4. The van der Waals surface area contributed by atoms with Crippen LogP contribution >= 0.6 is 0 Å². The van der Waals surface area contributed by atoms with Gasteiger partial charge in [0, 0.05) is 24.7 Å². The van der Waals surface area contributed by atoms with Crippen LogP contribution in [0.15, 0.2) is 57.8 Å². The number of nitrogens with zero attached hydrogens (tertiary/aromatic N) is 1. The highest BCUT2D eigenvalue weighted by molar-refractivity contribution is 7.90. The van der Waals surface area contributed by atoms with Crippen LogP contribution in [0.3, 0.4) is 0 Å². The lowest BCUT2D eigenvalue weighted by Crippen LogP contribution is -2.31. The molecule has 3 aromatic rings. The van der Waals surface area contributed by atoms with Crippen LogP contribution < -0.4 is 0 Å². The number of para-hydroxylation sites is 1. The van der Waals surface area contributed by atoms with E-state index in [2.05, 4.69) is 11.0 Å². The summed E-state index contributed by atoms with van der Waals surface area (Å²) in [6.07, 6.45) is 1.25. The SMILES string of the molecule is CN1Cc2cc(S(C)(=O)=O)ccc2C(c2cc3ccccc3o2)C1. The lowest BCUT2D eigenvalue weighted by Gasteiger charge is -2.31. The fourth-order valence-corrected chi connectivity index (χ4v) is 4.14. The molecule has 0 saturated heterocycles. The number of likely N-dealkylation sites (N-methyl/N-ethyl adjacent to an activating group) is 1. The van der Waals surface area contributed by atoms with Gasteiger partial charge in [0.1, 0.15) is 11.3 Å². The highest BCUT2D eigenvalue weighted by atomic mass is 32.2. The molecule has 2 aromatic carbocycles. The van der Waals surface area contributed by atoms with E-state index in [1.54, 1.807) is 12.1 Å². The van der Waals surface area contributed by atoms with Crippen LogP contribution in [0.5, 0.6) is 0 Å². The van der Waals surface area contributed by atoms with Crippen molar-refractivity contribution < 1.29 is 12.8 Å². The Hall–Kier alpha value is -2.11. The maximum absolute atomic E-state index is 11.8. The molecule has 0 radical (unpaired) electrons. The molecule has 1 aliphatic rings. The van der Waals surface area contributed by atoms with Gasteiger partial charge in [-0.2, -0.15) is 0 Å². The second-order valence-corrected chi connectivity index (χ2v) is 8.58. The van der Waals surface area contributed by atoms with Crippen LogP contribution in [0.2, 0.25) is 0 Å². The second kappa shape index (κ2) is 5.46. The van der Waals surface area contributed by atoms with Crippen LogP contribution in [0.4, 0.5) is 0 Å². The standard InChI is InChI=1S/C19H19NO3S/c1-20-11-14-9-15(24(2,21)22)7-8-16(14)17(12-20)19-10-13-5-3-4-6-18(13)23-19/h3-10,17H,11-12H2,1-2H3. The van der Waals surface area contributed by atoms with E-state index in [1.807, 2.05) is 37.4 Å². The average Bonchev–Trinajstić information content (AvgIpc) is 2.96. The van der Waals surface area contributed by atoms with Crippen LogP contribution in [0, 0.1) is 0 Å². The molecular formula is C19H19NO3S. The van der Waals surface area contributed by atoms with Crippen molar-refractivity contribution in [1.82, 2.24) is 4.90 Å². The van der Waals surface area contributed by atoms with E-state index in [-0.39, 0.29) is 5.92 Å². The largest absolute Gasteiger partial charge is 0.460 e. The van der Waals surface area contributed by atoms with Gasteiger partial charge in [0.05, 0.1) is 10.8 Å². The lowest BCUT2D eigenvalue weighted by atomic mass is 9.88. The summed E-state index contributed by atoms with van der Waals surface area (Å²) in [7, 11) is -1.15. The first-order chi connectivity index (χ1) is 11.4. The molecular weight excluding hydrogens is 322 g/mol. The van der Waals surface area contributed by atoms with Crippen molar-refractivity contribution >= 4 is 20.8 Å². The van der Waals surface area contributed by atoms with Gasteiger partial charge in [0.15, 0.2) is 9.84 Å². The number of fused-ring (bicyclic) bond motifs is 2. The van der Waals surface area contributed by atoms with E-state index in [1.165, 1.54) is 6.26 Å². The van der Waals surface area contributed by atoms with E-state index in [0.717, 1.165) is 40.9 Å². The molecule has 0 aliphatic carbocycles. The topological polar surface area (TPSA) is 50.5 Å². The van der Waals surface area contributed by atoms with Gasteiger partial charge in [0.25, 0.3) is 0 Å². The normalized spacial score (nSPS) is 18.7. The van der Waals surface area contributed by atoms with Crippen LogP contribution in [0.1, 0.15) is 22.8 Å². The van der Waals surface area contributed by atoms with E-state index in [0.29, 0.717) is 4.90 Å². The third-order valence-corrected chi connectivity index (χ3v) is 5.75. The fourth-order valence-electron chi connectivity index (χ4n) is 3.47. The van der Waals surface area contributed by atoms with Gasteiger partial charge in [-0.1, -0.05) is 24.3 Å². The Kier molecular flexibility index (Phi) is 3.51. The zero-order valence-electron chi connectivity index (χ0n) is 13.7. The van der Waals surface area contributed by atoms with Crippen LogP contribution in [-0.2, 0) is 16.4 Å². The summed E-state index contributed by atoms with van der Waals surface area (Å²) >= 11 is 0. The summed E-state index contributed by atoms with van der Waals surface area (Å²) in [6, 6.07) is 15.5. The van der Waals surface area contributed by atoms with E-state index >= 15 is 0 Å². The van der Waals surface area contributed by atoms with Gasteiger partial charge >= 0.3 is 0 Å². The third kappa shape index (κ3) is 2.64. The van der Waals surface area contributed by atoms with E-state index in [4.69, 9.17) is 4.42 Å². The van der Waals surface area contributed by atoms with Gasteiger partial charge in [-0.05, 0) is 42.4 Å². The summed E-state index contributed by atoms with van der Waals surface area (Å²) < 4.78 is 29.7. The molecule has 4 rings (SSSR count). The zero-order valence-corrected chi connectivity index (χ0v) is 14.5. The van der Waals surface area contributed by atoms with Crippen molar-refractivity contribution in [2.24, 2.45) is 0 Å². The molecule has 0 spiro atoms. The Morgan fingerprint density at radius 2 is 1.92 bits per heavy atom. The second-order valence-electron chi connectivity index (χ2n) is 6.57. The molecule has 0 saturated carbocycles. The summed E-state index contributed by atoms with van der Waals surface area (Å²) in [5.41, 5.74) is 3.09. The first-order valence-corrected chi connectivity index (χ1v) is 9.81. The highest BCUT2D eigenvalue weighted by Crippen LogP contribution is 2.36. The molecule has 0 N–H and O–H groups in total.